The maximum Gasteiger partial charge on any atom is 0.331 e. The Labute approximate surface area is 200 Å². The van der Waals surface area contributed by atoms with Crippen LogP contribution < -0.4 is 5.69 Å². The normalized spacial score (nSPS) is 12.8. The highest BCUT2D eigenvalue weighted by Crippen LogP contribution is 2.28. The number of amides is 1. The number of halogens is 1. The van der Waals surface area contributed by atoms with Crippen LogP contribution in [0.1, 0.15) is 57.0 Å². The molecule has 0 saturated carbocycles. The number of carbonyl (C=O) groups excluding carboxylic acids is 1. The fourth-order valence-corrected chi connectivity index (χ4v) is 3.43. The van der Waals surface area contributed by atoms with E-state index in [0.29, 0.717) is 42.1 Å². The molecule has 1 aromatic carbocycles. The lowest BCUT2D eigenvalue weighted by Gasteiger charge is -2.22. The number of hydrogen-bond acceptors (Lipinski definition) is 4. The number of methoxy groups -OCH3 is 1. The van der Waals surface area contributed by atoms with Gasteiger partial charge in [0.25, 0.3) is 0 Å². The number of aromatic nitrogens is 4. The number of hydrogen-bond donors (Lipinski definition) is 1. The van der Waals surface area contributed by atoms with Crippen molar-refractivity contribution in [1.82, 2.24) is 24.2 Å². The van der Waals surface area contributed by atoms with E-state index in [2.05, 4.69) is 10.1 Å². The van der Waals surface area contributed by atoms with Gasteiger partial charge in [-0.2, -0.15) is 5.10 Å². The van der Waals surface area contributed by atoms with Crippen molar-refractivity contribution in [3.63, 3.8) is 0 Å². The Balaban J connectivity index is 0.000000447. The molecule has 0 bridgehead atoms. The zero-order valence-electron chi connectivity index (χ0n) is 21.4. The molecular formula is C25H36FN5O3. The highest BCUT2D eigenvalue weighted by molar-refractivity contribution is 5.53. The van der Waals surface area contributed by atoms with Crippen molar-refractivity contribution in [3.05, 3.63) is 63.2 Å². The van der Waals surface area contributed by atoms with E-state index < -0.39 is 0 Å². The Kier molecular flexibility index (Phi) is 8.98. The summed E-state index contributed by atoms with van der Waals surface area (Å²) in [5, 5.41) is 4.68. The predicted molar refractivity (Wildman–Crippen MR) is 131 cm³/mol. The first kappa shape index (κ1) is 27.0. The van der Waals surface area contributed by atoms with Gasteiger partial charge in [0.2, 0.25) is 6.41 Å². The van der Waals surface area contributed by atoms with Crippen LogP contribution in [0.15, 0.2) is 29.3 Å². The van der Waals surface area contributed by atoms with Crippen LogP contribution in [0.2, 0.25) is 0 Å². The summed E-state index contributed by atoms with van der Waals surface area (Å²) in [5.41, 5.74) is 3.10. The summed E-state index contributed by atoms with van der Waals surface area (Å²) < 4.78 is 22.1. The van der Waals surface area contributed by atoms with Gasteiger partial charge >= 0.3 is 5.69 Å². The number of imidazole rings is 1. The molecule has 1 N–H and O–H groups in total. The number of H-pyrrole nitrogens is 1. The average molecular weight is 474 g/mol. The van der Waals surface area contributed by atoms with Crippen molar-refractivity contribution in [2.45, 2.75) is 67.0 Å². The van der Waals surface area contributed by atoms with Gasteiger partial charge in [-0.25, -0.2) is 13.9 Å². The first-order valence-electron chi connectivity index (χ1n) is 11.4. The number of carbonyl (C=O) groups is 1. The van der Waals surface area contributed by atoms with Crippen LogP contribution in [0.5, 0.6) is 0 Å². The fraction of sp³-hybridized carbons (Fsp3) is 0.480. The highest BCUT2D eigenvalue weighted by Gasteiger charge is 2.27. The van der Waals surface area contributed by atoms with E-state index in [1.807, 2.05) is 34.6 Å². The summed E-state index contributed by atoms with van der Waals surface area (Å²) in [6.45, 7) is 14.4. The summed E-state index contributed by atoms with van der Waals surface area (Å²) in [6, 6.07) is 3.42. The topological polar surface area (TPSA) is 85.2 Å². The number of rotatable bonds is 3. The fourth-order valence-electron chi connectivity index (χ4n) is 3.43. The minimum atomic E-state index is -0.298. The average Bonchev–Trinajstić information content (AvgIpc) is 3.40. The van der Waals surface area contributed by atoms with E-state index >= 15 is 0 Å². The van der Waals surface area contributed by atoms with Crippen LogP contribution in [0, 0.1) is 19.7 Å². The van der Waals surface area contributed by atoms with Crippen LogP contribution in [0.3, 0.4) is 0 Å². The van der Waals surface area contributed by atoms with E-state index in [0.717, 1.165) is 17.7 Å². The lowest BCUT2D eigenvalue weighted by molar-refractivity contribution is -0.118. The van der Waals surface area contributed by atoms with Crippen LogP contribution in [0.4, 0.5) is 4.39 Å². The van der Waals surface area contributed by atoms with Gasteiger partial charge in [-0.05, 0) is 57.9 Å². The molecular weight excluding hydrogens is 437 g/mol. The molecule has 9 heteroatoms. The minimum Gasteiger partial charge on any atom is -0.379 e. The van der Waals surface area contributed by atoms with Gasteiger partial charge in [-0.1, -0.05) is 13.8 Å². The van der Waals surface area contributed by atoms with Gasteiger partial charge < -0.3 is 14.6 Å². The molecule has 0 fully saturated rings. The van der Waals surface area contributed by atoms with Gasteiger partial charge in [0.1, 0.15) is 11.6 Å². The van der Waals surface area contributed by atoms with Gasteiger partial charge in [-0.15, -0.1) is 0 Å². The van der Waals surface area contributed by atoms with Crippen molar-refractivity contribution in [3.8, 4) is 11.5 Å². The molecule has 0 aliphatic carbocycles. The van der Waals surface area contributed by atoms with Crippen LogP contribution in [-0.4, -0.2) is 49.9 Å². The quantitative estimate of drug-likeness (QED) is 0.581. The van der Waals surface area contributed by atoms with Crippen LogP contribution >= 0.6 is 0 Å². The van der Waals surface area contributed by atoms with E-state index in [9.17, 15) is 14.0 Å². The largest absolute Gasteiger partial charge is 0.379 e. The van der Waals surface area contributed by atoms with Gasteiger partial charge in [0.05, 0.1) is 23.5 Å². The molecule has 0 radical (unpaired) electrons. The maximum absolute atomic E-state index is 14.1. The second-order valence-electron chi connectivity index (χ2n) is 8.83. The molecule has 0 atom stereocenters. The number of ether oxygens (including phenoxy) is 1. The summed E-state index contributed by atoms with van der Waals surface area (Å²) in [7, 11) is 1.71. The van der Waals surface area contributed by atoms with Gasteiger partial charge in [-0.3, -0.25) is 9.36 Å². The second-order valence-corrected chi connectivity index (χ2v) is 8.83. The van der Waals surface area contributed by atoms with Crippen molar-refractivity contribution in [2.24, 2.45) is 0 Å². The Morgan fingerprint density at radius 2 is 1.76 bits per heavy atom. The summed E-state index contributed by atoms with van der Waals surface area (Å²) in [6.07, 6.45) is 4.58. The van der Waals surface area contributed by atoms with E-state index in [1.54, 1.807) is 55.1 Å². The molecule has 0 saturated heterocycles. The maximum atomic E-state index is 14.1. The standard InChI is InChI=1S/C18H18FN5O2.C5H12O.C2H6/c1-11-7-13(8-12(2)16(11)19)24-17(23-6-4-20-18(23)26)14-9-22(10-25)5-3-15(14)21-24;1-5(2,3)6-4;1-2/h4,6-8,10H,3,5,9H2,1-2H3,(H,20,26);1-4H3;1-2H3. The van der Waals surface area contributed by atoms with Crippen LogP contribution in [0.25, 0.3) is 11.5 Å². The lowest BCUT2D eigenvalue weighted by atomic mass is 10.1. The number of fused-ring (bicyclic) bond motifs is 1. The number of aromatic amines is 1. The molecule has 0 spiro atoms. The van der Waals surface area contributed by atoms with Gasteiger partial charge in [0.15, 0.2) is 0 Å². The highest BCUT2D eigenvalue weighted by atomic mass is 19.1. The monoisotopic (exact) mass is 473 g/mol. The van der Waals surface area contributed by atoms with Crippen molar-refractivity contribution < 1.29 is 13.9 Å². The number of nitrogens with zero attached hydrogens (tertiary/aromatic N) is 4. The molecule has 4 rings (SSSR count). The molecule has 1 amide bonds. The lowest BCUT2D eigenvalue weighted by Crippen LogP contribution is -2.30. The number of aryl methyl sites for hydroxylation is 2. The van der Waals surface area contributed by atoms with Crippen LogP contribution in [-0.2, 0) is 22.5 Å². The third-order valence-corrected chi connectivity index (χ3v) is 5.34. The molecule has 34 heavy (non-hydrogen) atoms. The molecule has 3 heterocycles. The molecule has 0 unspecified atom stereocenters. The molecule has 186 valence electrons. The molecule has 1 aliphatic rings. The Morgan fingerprint density at radius 1 is 1.18 bits per heavy atom. The summed E-state index contributed by atoms with van der Waals surface area (Å²) in [4.78, 5) is 27.7. The Hall–Kier alpha value is -3.20. The molecule has 3 aromatic rings. The first-order valence-corrected chi connectivity index (χ1v) is 11.4. The van der Waals surface area contributed by atoms with Crippen molar-refractivity contribution in [1.29, 1.82) is 0 Å². The van der Waals surface area contributed by atoms with Crippen molar-refractivity contribution in [2.75, 3.05) is 13.7 Å². The summed E-state index contributed by atoms with van der Waals surface area (Å²) >= 11 is 0. The third-order valence-electron chi connectivity index (χ3n) is 5.34. The van der Waals surface area contributed by atoms with E-state index in [4.69, 9.17) is 4.74 Å². The van der Waals surface area contributed by atoms with E-state index in [1.165, 1.54) is 4.57 Å². The van der Waals surface area contributed by atoms with Crippen molar-refractivity contribution >= 4 is 6.41 Å². The number of benzene rings is 1. The molecule has 1 aliphatic heterocycles. The summed E-state index contributed by atoms with van der Waals surface area (Å²) in [5.74, 6) is 0.321. The zero-order valence-corrected chi connectivity index (χ0v) is 21.4. The molecule has 8 nitrogen and oxygen atoms in total. The minimum absolute atomic E-state index is 0.0417. The predicted octanol–water partition coefficient (Wildman–Crippen LogP) is 4.08. The first-order chi connectivity index (χ1) is 16.1. The zero-order chi connectivity index (χ0) is 25.6. The smallest absolute Gasteiger partial charge is 0.331 e. The Bertz CT molecular complexity index is 1150. The van der Waals surface area contributed by atoms with E-state index in [-0.39, 0.29) is 17.1 Å². The van der Waals surface area contributed by atoms with Gasteiger partial charge in [0, 0.05) is 38.0 Å². The second kappa shape index (κ2) is 11.3. The SMILES string of the molecule is CC.COC(C)(C)C.Cc1cc(-n2nc3c(c2-n2cc[nH]c2=O)CN(C=O)CC3)cc(C)c1F. The molecule has 2 aromatic heterocycles. The third kappa shape index (κ3) is 6.02. The number of nitrogens with one attached hydrogen (secondary N) is 1. The Morgan fingerprint density at radius 3 is 2.24 bits per heavy atom.